The highest BCUT2D eigenvalue weighted by molar-refractivity contribution is 5.54. The van der Waals surface area contributed by atoms with Crippen molar-refractivity contribution in [3.8, 4) is 5.75 Å². The van der Waals surface area contributed by atoms with Gasteiger partial charge in [-0.3, -0.25) is 0 Å². The Labute approximate surface area is 102 Å². The Hall–Kier alpha value is -1.29. The van der Waals surface area contributed by atoms with E-state index in [1.165, 1.54) is 6.42 Å². The quantitative estimate of drug-likeness (QED) is 0.853. The Balaban J connectivity index is 1.88. The van der Waals surface area contributed by atoms with E-state index in [0.29, 0.717) is 12.6 Å². The molecule has 1 aromatic rings. The maximum atomic E-state index is 5.67. The topological polar surface area (TPSA) is 37.4 Å². The van der Waals surface area contributed by atoms with Crippen molar-refractivity contribution in [2.24, 2.45) is 5.92 Å². The summed E-state index contributed by atoms with van der Waals surface area (Å²) in [5.41, 5.74) is 0. The van der Waals surface area contributed by atoms with Gasteiger partial charge in [0.25, 0.3) is 0 Å². The minimum atomic E-state index is 0.601. The summed E-state index contributed by atoms with van der Waals surface area (Å²) < 4.78 is 5.67. The number of aromatic nitrogens is 1. The molecule has 0 bridgehead atoms. The first-order chi connectivity index (χ1) is 8.40. The number of fused-ring (bicyclic) bond motifs is 1. The van der Waals surface area contributed by atoms with Crippen LogP contribution >= 0.6 is 0 Å². The third kappa shape index (κ3) is 1.86. The third-order valence-corrected chi connectivity index (χ3v) is 3.77. The molecule has 1 N–H and O–H groups in total. The van der Waals surface area contributed by atoms with Gasteiger partial charge in [0.1, 0.15) is 0 Å². The molecule has 3 heterocycles. The normalized spacial score (nSPS) is 27.2. The number of hydrogen-bond acceptors (Lipinski definition) is 4. The lowest BCUT2D eigenvalue weighted by Gasteiger charge is -2.26. The average molecular weight is 233 g/mol. The summed E-state index contributed by atoms with van der Waals surface area (Å²) in [6, 6.07) is 4.56. The Morgan fingerprint density at radius 1 is 1.53 bits per heavy atom. The van der Waals surface area contributed by atoms with E-state index in [1.54, 1.807) is 0 Å². The number of anilines is 1. The molecular weight excluding hydrogens is 214 g/mol. The molecule has 2 fully saturated rings. The van der Waals surface area contributed by atoms with E-state index in [-0.39, 0.29) is 0 Å². The Kier molecular flexibility index (Phi) is 2.89. The van der Waals surface area contributed by atoms with E-state index in [4.69, 9.17) is 4.74 Å². The van der Waals surface area contributed by atoms with Gasteiger partial charge in [-0.05, 0) is 31.4 Å². The zero-order valence-corrected chi connectivity index (χ0v) is 10.2. The molecule has 0 aliphatic carbocycles. The molecule has 0 aromatic carbocycles. The monoisotopic (exact) mass is 233 g/mol. The first-order valence-corrected chi connectivity index (χ1v) is 6.45. The van der Waals surface area contributed by atoms with Crippen LogP contribution in [0.25, 0.3) is 0 Å². The zero-order valence-electron chi connectivity index (χ0n) is 10.2. The maximum Gasteiger partial charge on any atom is 0.171 e. The minimum Gasteiger partial charge on any atom is -0.490 e. The van der Waals surface area contributed by atoms with E-state index in [9.17, 15) is 0 Å². The van der Waals surface area contributed by atoms with Gasteiger partial charge < -0.3 is 15.0 Å². The van der Waals surface area contributed by atoms with Crippen LogP contribution in [0.1, 0.15) is 13.3 Å². The first kappa shape index (κ1) is 10.8. The van der Waals surface area contributed by atoms with Gasteiger partial charge in [0.15, 0.2) is 11.6 Å². The first-order valence-electron chi connectivity index (χ1n) is 6.45. The summed E-state index contributed by atoms with van der Waals surface area (Å²) in [6.07, 6.45) is 3.12. The number of nitrogens with one attached hydrogen (secondary N) is 1. The smallest absolute Gasteiger partial charge is 0.171 e. The molecular formula is C13H19N3O. The fourth-order valence-corrected chi connectivity index (χ4v) is 2.98. The van der Waals surface area contributed by atoms with Gasteiger partial charge in [0.05, 0.1) is 6.61 Å². The van der Waals surface area contributed by atoms with Crippen molar-refractivity contribution in [1.29, 1.82) is 0 Å². The molecule has 17 heavy (non-hydrogen) atoms. The van der Waals surface area contributed by atoms with Gasteiger partial charge in [-0.1, -0.05) is 0 Å². The predicted octanol–water partition coefficient (Wildman–Crippen LogP) is 1.28. The predicted molar refractivity (Wildman–Crippen MR) is 67.5 cm³/mol. The van der Waals surface area contributed by atoms with Crippen molar-refractivity contribution < 1.29 is 4.74 Å². The van der Waals surface area contributed by atoms with Gasteiger partial charge >= 0.3 is 0 Å². The zero-order chi connectivity index (χ0) is 11.7. The molecule has 2 aliphatic rings. The molecule has 92 valence electrons. The lowest BCUT2D eigenvalue weighted by molar-refractivity contribution is 0.338. The molecule has 2 atom stereocenters. The molecule has 0 radical (unpaired) electrons. The fraction of sp³-hybridized carbons (Fsp3) is 0.615. The average Bonchev–Trinajstić information content (AvgIpc) is 2.92. The molecule has 4 heteroatoms. The van der Waals surface area contributed by atoms with E-state index in [2.05, 4.69) is 15.2 Å². The highest BCUT2D eigenvalue weighted by Gasteiger charge is 2.38. The van der Waals surface area contributed by atoms with Crippen LogP contribution in [0.5, 0.6) is 5.75 Å². The van der Waals surface area contributed by atoms with E-state index in [0.717, 1.165) is 37.1 Å². The lowest BCUT2D eigenvalue weighted by atomic mass is 10.1. The van der Waals surface area contributed by atoms with Crippen molar-refractivity contribution in [2.45, 2.75) is 19.4 Å². The minimum absolute atomic E-state index is 0.601. The number of ether oxygens (including phenoxy) is 1. The second-order valence-electron chi connectivity index (χ2n) is 4.73. The van der Waals surface area contributed by atoms with Gasteiger partial charge in [-0.25, -0.2) is 4.98 Å². The third-order valence-electron chi connectivity index (χ3n) is 3.77. The molecule has 3 rings (SSSR count). The lowest BCUT2D eigenvalue weighted by Crippen LogP contribution is -2.35. The second kappa shape index (κ2) is 4.53. The van der Waals surface area contributed by atoms with Gasteiger partial charge in [0.2, 0.25) is 0 Å². The Bertz CT molecular complexity index is 396. The molecule has 1 aromatic heterocycles. The van der Waals surface area contributed by atoms with Crippen LogP contribution in [-0.2, 0) is 0 Å². The highest BCUT2D eigenvalue weighted by atomic mass is 16.5. The van der Waals surface area contributed by atoms with Gasteiger partial charge in [-0.2, -0.15) is 0 Å². The summed E-state index contributed by atoms with van der Waals surface area (Å²) in [7, 11) is 0. The van der Waals surface area contributed by atoms with Crippen molar-refractivity contribution in [3.63, 3.8) is 0 Å². The second-order valence-corrected chi connectivity index (χ2v) is 4.73. The van der Waals surface area contributed by atoms with Crippen LogP contribution in [0, 0.1) is 5.92 Å². The van der Waals surface area contributed by atoms with Gasteiger partial charge in [-0.15, -0.1) is 0 Å². The molecule has 0 amide bonds. The highest BCUT2D eigenvalue weighted by Crippen LogP contribution is 2.35. The van der Waals surface area contributed by atoms with Crippen molar-refractivity contribution >= 4 is 5.82 Å². The van der Waals surface area contributed by atoms with Gasteiger partial charge in [0, 0.05) is 31.9 Å². The van der Waals surface area contributed by atoms with Crippen molar-refractivity contribution in [3.05, 3.63) is 18.3 Å². The molecule has 0 spiro atoms. The van der Waals surface area contributed by atoms with Crippen LogP contribution in [-0.4, -0.2) is 37.3 Å². The molecule has 2 aliphatic heterocycles. The van der Waals surface area contributed by atoms with Crippen LogP contribution in [0.15, 0.2) is 18.3 Å². The summed E-state index contributed by atoms with van der Waals surface area (Å²) in [6.45, 7) is 6.04. The van der Waals surface area contributed by atoms with Crippen LogP contribution in [0.4, 0.5) is 5.82 Å². The van der Waals surface area contributed by atoms with E-state index in [1.807, 2.05) is 25.3 Å². The number of pyridine rings is 1. The van der Waals surface area contributed by atoms with E-state index < -0.39 is 0 Å². The Morgan fingerprint density at radius 3 is 3.35 bits per heavy atom. The molecule has 2 saturated heterocycles. The van der Waals surface area contributed by atoms with Crippen molar-refractivity contribution in [2.75, 3.05) is 31.1 Å². The SMILES string of the molecule is CCOc1cccnc1N1CC[C@H]2CNC[C@H]21. The molecule has 0 unspecified atom stereocenters. The largest absolute Gasteiger partial charge is 0.490 e. The number of nitrogens with zero attached hydrogens (tertiary/aromatic N) is 2. The number of hydrogen-bond donors (Lipinski definition) is 1. The molecule has 0 saturated carbocycles. The van der Waals surface area contributed by atoms with Crippen LogP contribution in [0.3, 0.4) is 0 Å². The van der Waals surface area contributed by atoms with Crippen LogP contribution < -0.4 is 15.0 Å². The van der Waals surface area contributed by atoms with Crippen LogP contribution in [0.2, 0.25) is 0 Å². The fourth-order valence-electron chi connectivity index (χ4n) is 2.98. The molecule has 4 nitrogen and oxygen atoms in total. The number of rotatable bonds is 3. The standard InChI is InChI=1S/C13H19N3O/c1-2-17-12-4-3-6-15-13(12)16-7-5-10-8-14-9-11(10)16/h3-4,6,10-11,14H,2,5,7-9H2,1H3/t10-,11+/m0/s1. The summed E-state index contributed by atoms with van der Waals surface area (Å²) in [5.74, 6) is 2.72. The van der Waals surface area contributed by atoms with Crippen molar-refractivity contribution in [1.82, 2.24) is 10.3 Å². The summed E-state index contributed by atoms with van der Waals surface area (Å²) in [5, 5.41) is 3.47. The van der Waals surface area contributed by atoms with E-state index >= 15 is 0 Å². The summed E-state index contributed by atoms with van der Waals surface area (Å²) in [4.78, 5) is 6.93. The summed E-state index contributed by atoms with van der Waals surface area (Å²) >= 11 is 0. The maximum absolute atomic E-state index is 5.67. The Morgan fingerprint density at radius 2 is 2.47 bits per heavy atom.